The van der Waals surface area contributed by atoms with Crippen LogP contribution in [0.5, 0.6) is 0 Å². The Morgan fingerprint density at radius 2 is 1.44 bits per heavy atom. The van der Waals surface area contributed by atoms with Crippen LogP contribution in [0.25, 0.3) is 5.57 Å². The molecule has 0 aliphatic heterocycles. The molecule has 1 heterocycles. The van der Waals surface area contributed by atoms with Gasteiger partial charge in [-0.15, -0.1) is 0 Å². The molecule has 0 saturated heterocycles. The van der Waals surface area contributed by atoms with Gasteiger partial charge in [0.05, 0.1) is 6.10 Å². The molecule has 0 fully saturated rings. The van der Waals surface area contributed by atoms with E-state index in [0.717, 1.165) is 13.8 Å². The summed E-state index contributed by atoms with van der Waals surface area (Å²) in [6.07, 6.45) is -7.01. The summed E-state index contributed by atoms with van der Waals surface area (Å²) < 4.78 is 76.6. The third-order valence-electron chi connectivity index (χ3n) is 3.94. The van der Waals surface area contributed by atoms with Gasteiger partial charge in [0.15, 0.2) is 5.82 Å². The van der Waals surface area contributed by atoms with E-state index in [1.807, 2.05) is 10.6 Å². The molecule has 0 spiro atoms. The third kappa shape index (κ3) is 5.94. The van der Waals surface area contributed by atoms with Crippen LogP contribution in [0.3, 0.4) is 0 Å². The number of halogens is 6. The maximum atomic E-state index is 12.8. The molecule has 27 heavy (non-hydrogen) atoms. The number of nitrogens with zero attached hydrogens (tertiary/aromatic N) is 3. The fraction of sp³-hybridized carbons (Fsp3) is 0.667. The minimum absolute atomic E-state index is 0.0856. The van der Waals surface area contributed by atoms with Gasteiger partial charge >= 0.3 is 12.4 Å². The number of allylic oxidation sites excluding steroid dienone is 1. The monoisotopic (exact) mass is 399 g/mol. The van der Waals surface area contributed by atoms with Crippen molar-refractivity contribution in [2.45, 2.75) is 63.7 Å². The van der Waals surface area contributed by atoms with Crippen molar-refractivity contribution in [2.75, 3.05) is 10.6 Å². The van der Waals surface area contributed by atoms with Crippen molar-refractivity contribution in [3.63, 3.8) is 0 Å². The lowest BCUT2D eigenvalue weighted by atomic mass is 9.97. The molecular formula is C15H19F6N5O. The molecule has 1 unspecified atom stereocenters. The standard InChI is InChI=1S/C15H19F6N5O/c1-7(14(16,17)18)22-12-24-11(9-4-3-5-10(27)6-9)25-13(26-12)23-8(2)15(19,20)21/h6-8,10,27H,3-5H2,1-2H3,(H2,22,23,24,25,26)/t7-,8?,10-/m1/s1. The molecule has 1 aromatic heterocycles. The summed E-state index contributed by atoms with van der Waals surface area (Å²) in [4.78, 5) is 11.4. The largest absolute Gasteiger partial charge is 0.408 e. The molecule has 1 aliphatic carbocycles. The van der Waals surface area contributed by atoms with E-state index in [4.69, 9.17) is 0 Å². The van der Waals surface area contributed by atoms with Gasteiger partial charge in [-0.05, 0) is 44.8 Å². The second-order valence-electron chi connectivity index (χ2n) is 6.27. The summed E-state index contributed by atoms with van der Waals surface area (Å²) in [7, 11) is 0. The van der Waals surface area contributed by atoms with Gasteiger partial charge < -0.3 is 15.7 Å². The van der Waals surface area contributed by atoms with Crippen LogP contribution < -0.4 is 10.6 Å². The van der Waals surface area contributed by atoms with Gasteiger partial charge in [0.2, 0.25) is 11.9 Å². The summed E-state index contributed by atoms with van der Waals surface area (Å²) >= 11 is 0. The van der Waals surface area contributed by atoms with Crippen LogP contribution in [0.15, 0.2) is 6.08 Å². The molecular weight excluding hydrogens is 380 g/mol. The van der Waals surface area contributed by atoms with E-state index in [-0.39, 0.29) is 5.82 Å². The fourth-order valence-corrected chi connectivity index (χ4v) is 2.29. The average Bonchev–Trinajstić information content (AvgIpc) is 2.52. The Morgan fingerprint density at radius 1 is 0.963 bits per heavy atom. The first kappa shape index (κ1) is 21.2. The number of alkyl halides is 6. The Hall–Kier alpha value is -2.11. The lowest BCUT2D eigenvalue weighted by Crippen LogP contribution is -2.35. The Bertz CT molecular complexity index is 650. The van der Waals surface area contributed by atoms with Crippen molar-refractivity contribution in [3.8, 4) is 0 Å². The van der Waals surface area contributed by atoms with Crippen molar-refractivity contribution in [1.82, 2.24) is 15.0 Å². The Labute approximate surface area is 151 Å². The highest BCUT2D eigenvalue weighted by Gasteiger charge is 2.38. The zero-order chi connectivity index (χ0) is 20.4. The SMILES string of the molecule is CC(Nc1nc(N[C@H](C)C(F)(F)F)nc(C2=C[C@H](O)CCC2)n1)C(F)(F)F. The van der Waals surface area contributed by atoms with Gasteiger partial charge in [0.1, 0.15) is 12.1 Å². The van der Waals surface area contributed by atoms with E-state index in [1.54, 1.807) is 0 Å². The quantitative estimate of drug-likeness (QED) is 0.658. The van der Waals surface area contributed by atoms with Crippen LogP contribution in [-0.2, 0) is 0 Å². The van der Waals surface area contributed by atoms with Gasteiger partial charge in [0.25, 0.3) is 0 Å². The molecule has 0 aromatic carbocycles. The third-order valence-corrected chi connectivity index (χ3v) is 3.94. The summed E-state index contributed by atoms with van der Waals surface area (Å²) in [6.45, 7) is 1.66. The van der Waals surface area contributed by atoms with Crippen LogP contribution in [0.4, 0.5) is 38.2 Å². The normalized spacial score (nSPS) is 20.6. The van der Waals surface area contributed by atoms with Crippen molar-refractivity contribution in [3.05, 3.63) is 11.9 Å². The van der Waals surface area contributed by atoms with Crippen LogP contribution in [0.1, 0.15) is 38.9 Å². The second kappa shape index (κ2) is 7.87. The first-order chi connectivity index (χ1) is 12.4. The van der Waals surface area contributed by atoms with E-state index in [0.29, 0.717) is 24.8 Å². The lowest BCUT2D eigenvalue weighted by molar-refractivity contribution is -0.139. The molecule has 0 saturated carbocycles. The number of hydrogen-bond acceptors (Lipinski definition) is 6. The molecule has 0 radical (unpaired) electrons. The lowest BCUT2D eigenvalue weighted by Gasteiger charge is -2.21. The van der Waals surface area contributed by atoms with Crippen LogP contribution >= 0.6 is 0 Å². The van der Waals surface area contributed by atoms with E-state index >= 15 is 0 Å². The second-order valence-corrected chi connectivity index (χ2v) is 6.27. The number of aromatic nitrogens is 3. The van der Waals surface area contributed by atoms with Gasteiger partial charge in [-0.25, -0.2) is 0 Å². The number of anilines is 2. The van der Waals surface area contributed by atoms with Gasteiger partial charge in [-0.2, -0.15) is 41.3 Å². The maximum Gasteiger partial charge on any atom is 0.408 e. The number of aliphatic hydroxyl groups is 1. The number of nitrogens with one attached hydrogen (secondary N) is 2. The Kier molecular flexibility index (Phi) is 6.17. The van der Waals surface area contributed by atoms with Crippen LogP contribution in [-0.4, -0.2) is 50.6 Å². The summed E-state index contributed by atoms with van der Waals surface area (Å²) in [6, 6.07) is -4.04. The Morgan fingerprint density at radius 3 is 1.85 bits per heavy atom. The predicted molar refractivity (Wildman–Crippen MR) is 85.9 cm³/mol. The maximum absolute atomic E-state index is 12.8. The number of rotatable bonds is 5. The van der Waals surface area contributed by atoms with Gasteiger partial charge in [0, 0.05) is 0 Å². The molecule has 12 heteroatoms. The molecule has 1 aromatic rings. The molecule has 0 amide bonds. The molecule has 3 N–H and O–H groups in total. The molecule has 3 atom stereocenters. The Balaban J connectivity index is 2.38. The first-order valence-electron chi connectivity index (χ1n) is 8.18. The van der Waals surface area contributed by atoms with Gasteiger partial charge in [-0.1, -0.05) is 0 Å². The first-order valence-corrected chi connectivity index (χ1v) is 8.18. The smallest absolute Gasteiger partial charge is 0.389 e. The zero-order valence-electron chi connectivity index (χ0n) is 14.5. The highest BCUT2D eigenvalue weighted by atomic mass is 19.4. The summed E-state index contributed by atoms with van der Waals surface area (Å²) in [5.74, 6) is -1.11. The van der Waals surface area contributed by atoms with Crippen molar-refractivity contribution < 1.29 is 31.4 Å². The van der Waals surface area contributed by atoms with Crippen LogP contribution in [0.2, 0.25) is 0 Å². The topological polar surface area (TPSA) is 83.0 Å². The highest BCUT2D eigenvalue weighted by Crippen LogP contribution is 2.28. The van der Waals surface area contributed by atoms with Crippen LogP contribution in [0, 0.1) is 0 Å². The zero-order valence-corrected chi connectivity index (χ0v) is 14.5. The minimum atomic E-state index is -4.60. The predicted octanol–water partition coefficient (Wildman–Crippen LogP) is 3.53. The average molecular weight is 399 g/mol. The fourth-order valence-electron chi connectivity index (χ4n) is 2.29. The number of aliphatic hydroxyl groups excluding tert-OH is 1. The minimum Gasteiger partial charge on any atom is -0.389 e. The molecule has 2 rings (SSSR count). The van der Waals surface area contributed by atoms with Crippen molar-refractivity contribution in [1.29, 1.82) is 0 Å². The van der Waals surface area contributed by atoms with E-state index < -0.39 is 42.4 Å². The number of hydrogen-bond donors (Lipinski definition) is 3. The molecule has 1 aliphatic rings. The molecule has 0 bridgehead atoms. The molecule has 152 valence electrons. The van der Waals surface area contributed by atoms with E-state index in [2.05, 4.69) is 15.0 Å². The van der Waals surface area contributed by atoms with Crippen molar-refractivity contribution >= 4 is 17.5 Å². The van der Waals surface area contributed by atoms with Crippen molar-refractivity contribution in [2.24, 2.45) is 0 Å². The summed E-state index contributed by atoms with van der Waals surface area (Å²) in [5.41, 5.74) is 0.432. The molecule has 6 nitrogen and oxygen atoms in total. The van der Waals surface area contributed by atoms with Gasteiger partial charge in [-0.3, -0.25) is 0 Å². The van der Waals surface area contributed by atoms with E-state index in [1.165, 1.54) is 6.08 Å². The summed E-state index contributed by atoms with van der Waals surface area (Å²) in [5, 5.41) is 13.8. The van der Waals surface area contributed by atoms with E-state index in [9.17, 15) is 31.4 Å². The highest BCUT2D eigenvalue weighted by molar-refractivity contribution is 5.63.